The molecule has 0 aliphatic rings. The summed E-state index contributed by atoms with van der Waals surface area (Å²) in [6, 6.07) is 6.83. The van der Waals surface area contributed by atoms with Crippen molar-refractivity contribution >= 4 is 30.0 Å². The Kier molecular flexibility index (Phi) is 4.15. The lowest BCUT2D eigenvalue weighted by atomic mass is 10.2. The van der Waals surface area contributed by atoms with E-state index < -0.39 is 5.97 Å². The van der Waals surface area contributed by atoms with Crippen molar-refractivity contribution in [3.63, 3.8) is 0 Å². The van der Waals surface area contributed by atoms with Gasteiger partial charge in [-0.15, -0.1) is 12.4 Å². The third-order valence-corrected chi connectivity index (χ3v) is 2.34. The monoisotopic (exact) mass is 273 g/mol. The van der Waals surface area contributed by atoms with Crippen molar-refractivity contribution in [3.8, 4) is 11.5 Å². The largest absolute Gasteiger partial charge is 0.476 e. The number of hydrogen-bond acceptors (Lipinski definition) is 3. The van der Waals surface area contributed by atoms with Gasteiger partial charge in [0.2, 0.25) is 5.89 Å². The Hall–Kier alpha value is -1.52. The van der Waals surface area contributed by atoms with E-state index in [-0.39, 0.29) is 29.8 Å². The molecule has 0 aliphatic carbocycles. The number of carboxylic acid groups (broad SMARTS) is 1. The zero-order valence-corrected chi connectivity index (χ0v) is 10.4. The summed E-state index contributed by atoms with van der Waals surface area (Å²) in [5.41, 5.74) is 0.630. The van der Waals surface area contributed by atoms with Crippen molar-refractivity contribution in [2.24, 2.45) is 0 Å². The fourth-order valence-electron chi connectivity index (χ4n) is 1.31. The van der Waals surface area contributed by atoms with Gasteiger partial charge in [0.15, 0.2) is 5.69 Å². The van der Waals surface area contributed by atoms with Gasteiger partial charge >= 0.3 is 5.97 Å². The third kappa shape index (κ3) is 2.78. The van der Waals surface area contributed by atoms with Crippen LogP contribution in [0, 0.1) is 6.92 Å². The predicted octanol–water partition coefficient (Wildman–Crippen LogP) is 3.42. The van der Waals surface area contributed by atoms with E-state index in [1.165, 1.54) is 0 Å². The second-order valence-electron chi connectivity index (χ2n) is 3.24. The number of oxazole rings is 1. The minimum Gasteiger partial charge on any atom is -0.476 e. The molecule has 0 fully saturated rings. The Morgan fingerprint density at radius 3 is 2.41 bits per heavy atom. The minimum absolute atomic E-state index is 0. The van der Waals surface area contributed by atoms with Crippen LogP contribution in [0.2, 0.25) is 5.02 Å². The number of aryl methyl sites for hydroxylation is 1. The maximum atomic E-state index is 10.8. The van der Waals surface area contributed by atoms with Gasteiger partial charge in [-0.3, -0.25) is 0 Å². The van der Waals surface area contributed by atoms with Crippen molar-refractivity contribution in [1.82, 2.24) is 4.98 Å². The van der Waals surface area contributed by atoms with E-state index in [1.54, 1.807) is 31.2 Å². The van der Waals surface area contributed by atoms with Crippen LogP contribution in [0.1, 0.15) is 16.2 Å². The Morgan fingerprint density at radius 2 is 1.94 bits per heavy atom. The molecule has 0 aliphatic heterocycles. The number of aromatic carboxylic acids is 1. The number of rotatable bonds is 2. The molecule has 0 unspecified atom stereocenters. The maximum Gasteiger partial charge on any atom is 0.358 e. The highest BCUT2D eigenvalue weighted by atomic mass is 35.5. The molecule has 0 bridgehead atoms. The Morgan fingerprint density at radius 1 is 1.35 bits per heavy atom. The standard InChI is InChI=1S/C11H8ClNO3.ClH/c1-6-9(11(14)15)13-10(16-6)7-2-4-8(12)5-3-7;/h2-5H,1H3,(H,14,15);1H. The van der Waals surface area contributed by atoms with Crippen molar-refractivity contribution in [1.29, 1.82) is 0 Å². The number of nitrogens with zero attached hydrogens (tertiary/aromatic N) is 1. The molecule has 0 amide bonds. The van der Waals surface area contributed by atoms with E-state index >= 15 is 0 Å². The molecular weight excluding hydrogens is 265 g/mol. The summed E-state index contributed by atoms with van der Waals surface area (Å²) in [5, 5.41) is 9.43. The van der Waals surface area contributed by atoms with Gasteiger partial charge in [0.05, 0.1) is 0 Å². The summed E-state index contributed by atoms with van der Waals surface area (Å²) in [6.07, 6.45) is 0. The molecule has 4 nitrogen and oxygen atoms in total. The Bertz CT molecular complexity index is 534. The molecule has 0 radical (unpaired) electrons. The van der Waals surface area contributed by atoms with Gasteiger partial charge in [0.25, 0.3) is 0 Å². The first kappa shape index (κ1) is 13.5. The number of hydrogen-bond donors (Lipinski definition) is 1. The molecule has 1 heterocycles. The summed E-state index contributed by atoms with van der Waals surface area (Å²) in [5.74, 6) is -0.523. The lowest BCUT2D eigenvalue weighted by Crippen LogP contribution is -1.98. The second-order valence-corrected chi connectivity index (χ2v) is 3.67. The highest BCUT2D eigenvalue weighted by Crippen LogP contribution is 2.23. The summed E-state index contributed by atoms with van der Waals surface area (Å²) in [7, 11) is 0. The summed E-state index contributed by atoms with van der Waals surface area (Å²) < 4.78 is 5.27. The van der Waals surface area contributed by atoms with Gasteiger partial charge in [-0.05, 0) is 31.2 Å². The van der Waals surface area contributed by atoms with Crippen molar-refractivity contribution in [2.45, 2.75) is 6.92 Å². The van der Waals surface area contributed by atoms with Crippen LogP contribution < -0.4 is 0 Å². The van der Waals surface area contributed by atoms with Gasteiger partial charge in [-0.2, -0.15) is 0 Å². The van der Waals surface area contributed by atoms with Crippen LogP contribution in [0.25, 0.3) is 11.5 Å². The fraction of sp³-hybridized carbons (Fsp3) is 0.0909. The van der Waals surface area contributed by atoms with E-state index in [2.05, 4.69) is 4.98 Å². The van der Waals surface area contributed by atoms with Gasteiger partial charge < -0.3 is 9.52 Å². The van der Waals surface area contributed by atoms with Crippen molar-refractivity contribution in [3.05, 3.63) is 40.7 Å². The third-order valence-electron chi connectivity index (χ3n) is 2.09. The van der Waals surface area contributed by atoms with Crippen LogP contribution in [0.15, 0.2) is 28.7 Å². The lowest BCUT2D eigenvalue weighted by Gasteiger charge is -1.94. The normalized spacial score (nSPS) is 9.76. The van der Waals surface area contributed by atoms with Crippen LogP contribution in [-0.4, -0.2) is 16.1 Å². The summed E-state index contributed by atoms with van der Waals surface area (Å²) >= 11 is 5.74. The Labute approximate surface area is 109 Å². The summed E-state index contributed by atoms with van der Waals surface area (Å²) in [6.45, 7) is 1.57. The second kappa shape index (κ2) is 5.21. The molecule has 6 heteroatoms. The van der Waals surface area contributed by atoms with Crippen LogP contribution >= 0.6 is 24.0 Å². The average Bonchev–Trinajstić information content (AvgIpc) is 2.61. The first-order chi connectivity index (χ1) is 7.58. The number of carbonyl (C=O) groups is 1. The van der Waals surface area contributed by atoms with Crippen molar-refractivity contribution < 1.29 is 14.3 Å². The molecule has 1 N–H and O–H groups in total. The van der Waals surface area contributed by atoms with Crippen LogP contribution in [-0.2, 0) is 0 Å². The van der Waals surface area contributed by atoms with E-state index in [9.17, 15) is 4.79 Å². The van der Waals surface area contributed by atoms with E-state index in [1.807, 2.05) is 0 Å². The van der Waals surface area contributed by atoms with Gasteiger partial charge in [-0.1, -0.05) is 11.6 Å². The maximum absolute atomic E-state index is 10.8. The summed E-state index contributed by atoms with van der Waals surface area (Å²) in [4.78, 5) is 14.7. The molecule has 2 rings (SSSR count). The average molecular weight is 274 g/mol. The van der Waals surface area contributed by atoms with E-state index in [0.717, 1.165) is 0 Å². The number of carboxylic acids is 1. The Balaban J connectivity index is 0.00000144. The van der Waals surface area contributed by atoms with Gasteiger partial charge in [0.1, 0.15) is 5.76 Å². The highest BCUT2D eigenvalue weighted by Gasteiger charge is 2.16. The SMILES string of the molecule is Cc1oc(-c2ccc(Cl)cc2)nc1C(=O)O.Cl. The van der Waals surface area contributed by atoms with Gasteiger partial charge in [0, 0.05) is 10.6 Å². The fourth-order valence-corrected chi connectivity index (χ4v) is 1.44. The molecule has 1 aromatic carbocycles. The molecule has 90 valence electrons. The molecule has 0 atom stereocenters. The van der Waals surface area contributed by atoms with Crippen LogP contribution in [0.4, 0.5) is 0 Å². The lowest BCUT2D eigenvalue weighted by molar-refractivity contribution is 0.0689. The van der Waals surface area contributed by atoms with E-state index in [4.69, 9.17) is 21.1 Å². The van der Waals surface area contributed by atoms with Crippen LogP contribution in [0.3, 0.4) is 0 Å². The number of aromatic nitrogens is 1. The van der Waals surface area contributed by atoms with Crippen molar-refractivity contribution in [2.75, 3.05) is 0 Å². The molecule has 17 heavy (non-hydrogen) atoms. The molecule has 1 aromatic heterocycles. The van der Waals surface area contributed by atoms with Gasteiger partial charge in [-0.25, -0.2) is 9.78 Å². The predicted molar refractivity (Wildman–Crippen MR) is 65.9 cm³/mol. The smallest absolute Gasteiger partial charge is 0.358 e. The first-order valence-electron chi connectivity index (χ1n) is 4.54. The molecular formula is C11H9Cl2NO3. The van der Waals surface area contributed by atoms with Crippen LogP contribution in [0.5, 0.6) is 0 Å². The molecule has 0 saturated heterocycles. The molecule has 2 aromatic rings. The minimum atomic E-state index is -1.10. The number of benzene rings is 1. The first-order valence-corrected chi connectivity index (χ1v) is 4.92. The molecule has 0 saturated carbocycles. The highest BCUT2D eigenvalue weighted by molar-refractivity contribution is 6.30. The zero-order valence-electron chi connectivity index (χ0n) is 8.81. The topological polar surface area (TPSA) is 63.3 Å². The quantitative estimate of drug-likeness (QED) is 0.911. The molecule has 0 spiro atoms. The number of halogens is 2. The van der Waals surface area contributed by atoms with E-state index in [0.29, 0.717) is 10.6 Å². The zero-order chi connectivity index (χ0) is 11.7.